The van der Waals surface area contributed by atoms with Gasteiger partial charge in [0.2, 0.25) is 0 Å². The third kappa shape index (κ3) is 5.49. The molecule has 1 aromatic rings. The second kappa shape index (κ2) is 8.63. The molecule has 0 bridgehead atoms. The van der Waals surface area contributed by atoms with Crippen LogP contribution in [0, 0.1) is 12.7 Å². The van der Waals surface area contributed by atoms with E-state index in [2.05, 4.69) is 10.6 Å². The van der Waals surface area contributed by atoms with Crippen LogP contribution in [0.3, 0.4) is 0 Å². The predicted molar refractivity (Wildman–Crippen MR) is 86.0 cm³/mol. The molecule has 24 heavy (non-hydrogen) atoms. The monoisotopic (exact) mass is 338 g/mol. The van der Waals surface area contributed by atoms with Crippen LogP contribution in [-0.4, -0.2) is 37.9 Å². The van der Waals surface area contributed by atoms with Crippen molar-refractivity contribution in [2.75, 3.05) is 19.7 Å². The first-order chi connectivity index (χ1) is 11.5. The highest BCUT2D eigenvalue weighted by atomic mass is 19.1. The lowest BCUT2D eigenvalue weighted by molar-refractivity contribution is -0.140. The number of esters is 1. The van der Waals surface area contributed by atoms with E-state index in [1.54, 1.807) is 6.07 Å². The van der Waals surface area contributed by atoms with Crippen LogP contribution in [0.25, 0.3) is 0 Å². The first-order valence-electron chi connectivity index (χ1n) is 8.03. The van der Waals surface area contributed by atoms with Gasteiger partial charge >= 0.3 is 12.1 Å². The number of piperidine rings is 1. The summed E-state index contributed by atoms with van der Waals surface area (Å²) < 4.78 is 23.4. The van der Waals surface area contributed by atoms with Gasteiger partial charge in [-0.25, -0.2) is 9.18 Å². The van der Waals surface area contributed by atoms with Crippen LogP contribution in [0.2, 0.25) is 0 Å². The molecule has 1 amide bonds. The fourth-order valence-electron chi connectivity index (χ4n) is 2.80. The van der Waals surface area contributed by atoms with Crippen molar-refractivity contribution in [1.29, 1.82) is 0 Å². The quantitative estimate of drug-likeness (QED) is 0.636. The van der Waals surface area contributed by atoms with E-state index in [0.29, 0.717) is 19.4 Å². The minimum atomic E-state index is -0.524. The highest BCUT2D eigenvalue weighted by Crippen LogP contribution is 2.27. The number of amides is 1. The number of benzene rings is 1. The Balaban J connectivity index is 1.82. The maximum atomic E-state index is 13.2. The summed E-state index contributed by atoms with van der Waals surface area (Å²) in [6.07, 6.45) is 0.607. The number of hydrogen-bond acceptors (Lipinski definition) is 5. The minimum absolute atomic E-state index is 0.0261. The van der Waals surface area contributed by atoms with E-state index in [9.17, 15) is 14.0 Å². The normalized spacial score (nSPS) is 20.3. The van der Waals surface area contributed by atoms with Gasteiger partial charge in [-0.1, -0.05) is 6.07 Å². The Morgan fingerprint density at radius 2 is 2.21 bits per heavy atom. The zero-order valence-corrected chi connectivity index (χ0v) is 13.9. The average molecular weight is 338 g/mol. The van der Waals surface area contributed by atoms with E-state index >= 15 is 0 Å². The van der Waals surface area contributed by atoms with Gasteiger partial charge in [-0.05, 0) is 43.1 Å². The lowest BCUT2D eigenvalue weighted by Crippen LogP contribution is -2.39. The zero-order valence-electron chi connectivity index (χ0n) is 13.9. The molecular weight excluding hydrogens is 315 g/mol. The van der Waals surface area contributed by atoms with Crippen molar-refractivity contribution in [3.05, 3.63) is 35.1 Å². The molecule has 2 N–H and O–H groups in total. The van der Waals surface area contributed by atoms with Gasteiger partial charge in [-0.3, -0.25) is 4.79 Å². The Morgan fingerprint density at radius 1 is 1.42 bits per heavy atom. The molecule has 0 aromatic heterocycles. The molecule has 1 aliphatic rings. The Kier molecular flexibility index (Phi) is 6.54. The number of rotatable bonds is 5. The second-order valence-corrected chi connectivity index (χ2v) is 5.83. The number of halogens is 1. The SMILES string of the molecule is CC(=O)OCCNC(=O)OC1CCNC(c2ccc(F)cc2C)C1. The molecule has 0 spiro atoms. The maximum Gasteiger partial charge on any atom is 0.407 e. The van der Waals surface area contributed by atoms with Crippen molar-refractivity contribution in [3.63, 3.8) is 0 Å². The smallest absolute Gasteiger partial charge is 0.407 e. The number of hydrogen-bond donors (Lipinski definition) is 2. The van der Waals surface area contributed by atoms with Crippen molar-refractivity contribution in [2.24, 2.45) is 0 Å². The highest BCUT2D eigenvalue weighted by molar-refractivity contribution is 5.67. The van der Waals surface area contributed by atoms with E-state index in [0.717, 1.165) is 11.1 Å². The van der Waals surface area contributed by atoms with Crippen molar-refractivity contribution < 1.29 is 23.5 Å². The summed E-state index contributed by atoms with van der Waals surface area (Å²) >= 11 is 0. The molecule has 2 rings (SSSR count). The van der Waals surface area contributed by atoms with E-state index in [1.807, 2.05) is 6.92 Å². The largest absolute Gasteiger partial charge is 0.464 e. The van der Waals surface area contributed by atoms with Crippen molar-refractivity contribution in [2.45, 2.75) is 38.8 Å². The third-order valence-corrected chi connectivity index (χ3v) is 3.91. The number of ether oxygens (including phenoxy) is 2. The topological polar surface area (TPSA) is 76.7 Å². The molecule has 1 aromatic carbocycles. The van der Waals surface area contributed by atoms with Crippen LogP contribution in [0.15, 0.2) is 18.2 Å². The fraction of sp³-hybridized carbons (Fsp3) is 0.529. The molecule has 132 valence electrons. The highest BCUT2D eigenvalue weighted by Gasteiger charge is 2.26. The van der Waals surface area contributed by atoms with Gasteiger partial charge < -0.3 is 20.1 Å². The number of carbonyl (C=O) groups is 2. The van der Waals surface area contributed by atoms with Crippen molar-refractivity contribution >= 4 is 12.1 Å². The van der Waals surface area contributed by atoms with Crippen molar-refractivity contribution in [1.82, 2.24) is 10.6 Å². The lowest BCUT2D eigenvalue weighted by Gasteiger charge is -2.31. The molecule has 1 fully saturated rings. The molecule has 0 saturated carbocycles. The Hall–Kier alpha value is -2.15. The van der Waals surface area contributed by atoms with Crippen LogP contribution < -0.4 is 10.6 Å². The van der Waals surface area contributed by atoms with Gasteiger partial charge in [-0.15, -0.1) is 0 Å². The summed E-state index contributed by atoms with van der Waals surface area (Å²) in [6.45, 7) is 4.22. The zero-order chi connectivity index (χ0) is 17.5. The fourth-order valence-corrected chi connectivity index (χ4v) is 2.80. The molecule has 0 radical (unpaired) electrons. The summed E-state index contributed by atoms with van der Waals surface area (Å²) in [4.78, 5) is 22.4. The maximum absolute atomic E-state index is 13.2. The number of aryl methyl sites for hydroxylation is 1. The van der Waals surface area contributed by atoms with Gasteiger partial charge in [0.1, 0.15) is 18.5 Å². The Labute approximate surface area is 140 Å². The third-order valence-electron chi connectivity index (χ3n) is 3.91. The lowest BCUT2D eigenvalue weighted by atomic mass is 9.92. The molecule has 2 unspecified atom stereocenters. The first kappa shape index (κ1) is 18.2. The Morgan fingerprint density at radius 3 is 2.92 bits per heavy atom. The van der Waals surface area contributed by atoms with Gasteiger partial charge in [0.25, 0.3) is 0 Å². The van der Waals surface area contributed by atoms with E-state index < -0.39 is 6.09 Å². The van der Waals surface area contributed by atoms with E-state index in [4.69, 9.17) is 9.47 Å². The first-order valence-corrected chi connectivity index (χ1v) is 8.03. The summed E-state index contributed by atoms with van der Waals surface area (Å²) in [5.41, 5.74) is 1.89. The van der Waals surface area contributed by atoms with Gasteiger partial charge in [0.05, 0.1) is 6.54 Å². The molecule has 6 nitrogen and oxygen atoms in total. The molecule has 7 heteroatoms. The summed E-state index contributed by atoms with van der Waals surface area (Å²) in [6, 6.07) is 4.74. The molecule has 2 atom stereocenters. The van der Waals surface area contributed by atoms with E-state index in [-0.39, 0.29) is 37.1 Å². The van der Waals surface area contributed by atoms with Gasteiger partial charge in [0.15, 0.2) is 0 Å². The van der Waals surface area contributed by atoms with Crippen LogP contribution >= 0.6 is 0 Å². The van der Waals surface area contributed by atoms with Gasteiger partial charge in [-0.2, -0.15) is 0 Å². The number of carbonyl (C=O) groups excluding carboxylic acids is 2. The van der Waals surface area contributed by atoms with E-state index in [1.165, 1.54) is 19.1 Å². The summed E-state index contributed by atoms with van der Waals surface area (Å²) in [5.74, 6) is -0.645. The van der Waals surface area contributed by atoms with Gasteiger partial charge in [0, 0.05) is 19.4 Å². The summed E-state index contributed by atoms with van der Waals surface area (Å²) in [7, 11) is 0. The molecule has 1 heterocycles. The van der Waals surface area contributed by atoms with Crippen LogP contribution in [0.5, 0.6) is 0 Å². The average Bonchev–Trinajstić information content (AvgIpc) is 2.51. The molecule has 0 aliphatic carbocycles. The van der Waals surface area contributed by atoms with Crippen LogP contribution in [0.1, 0.15) is 36.9 Å². The standard InChI is InChI=1S/C17H23FN2O4/c1-11-9-13(18)3-4-15(11)16-10-14(5-6-19-16)24-17(22)20-7-8-23-12(2)21/h3-4,9,14,16,19H,5-8,10H2,1-2H3,(H,20,22). The van der Waals surface area contributed by atoms with Crippen molar-refractivity contribution in [3.8, 4) is 0 Å². The number of alkyl carbamates (subject to hydrolysis) is 1. The Bertz CT molecular complexity index is 594. The molecule has 1 saturated heterocycles. The summed E-state index contributed by atoms with van der Waals surface area (Å²) in [5, 5.41) is 5.92. The number of nitrogens with one attached hydrogen (secondary N) is 2. The van der Waals surface area contributed by atoms with Crippen LogP contribution in [0.4, 0.5) is 9.18 Å². The molecular formula is C17H23FN2O4. The minimum Gasteiger partial charge on any atom is -0.464 e. The molecule has 1 aliphatic heterocycles. The predicted octanol–water partition coefficient (Wildman–Crippen LogP) is 2.22. The second-order valence-electron chi connectivity index (χ2n) is 5.83. The van der Waals surface area contributed by atoms with Crippen LogP contribution in [-0.2, 0) is 14.3 Å².